The second-order valence-electron chi connectivity index (χ2n) is 7.81. The van der Waals surface area contributed by atoms with Gasteiger partial charge in [-0.1, -0.05) is 18.6 Å². The van der Waals surface area contributed by atoms with Crippen molar-refractivity contribution in [2.24, 2.45) is 24.8 Å². The number of nitrogens with one attached hydrogen (secondary N) is 1. The van der Waals surface area contributed by atoms with Gasteiger partial charge in [-0.15, -0.1) is 0 Å². The van der Waals surface area contributed by atoms with Crippen molar-refractivity contribution >= 4 is 5.91 Å². The largest absolute Gasteiger partial charge is 0.497 e. The Kier molecular flexibility index (Phi) is 4.70. The fraction of sp³-hybridized carbons (Fsp3) is 0.524. The molecule has 26 heavy (non-hydrogen) atoms. The number of amides is 1. The number of fused-ring (bicyclic) bond motifs is 2. The molecule has 2 saturated carbocycles. The quantitative estimate of drug-likeness (QED) is 0.865. The lowest BCUT2D eigenvalue weighted by Gasteiger charge is -2.24. The first-order valence-corrected chi connectivity index (χ1v) is 9.54. The summed E-state index contributed by atoms with van der Waals surface area (Å²) in [4.78, 5) is 17.3. The highest BCUT2D eigenvalue weighted by atomic mass is 16.5. The molecule has 1 amide bonds. The van der Waals surface area contributed by atoms with Gasteiger partial charge in [0.1, 0.15) is 17.6 Å². The van der Waals surface area contributed by atoms with E-state index in [0.29, 0.717) is 12.3 Å². The standard InChI is InChI=1S/C21H27N3O2/c1-24-10-9-22-21(24)20(15-5-7-18(26-2)8-6-15)23-19(25)13-17-12-14-3-4-16(17)11-14/h5-10,14,16-17,20H,3-4,11-13H2,1-2H3,(H,23,25)/t14-,16-,17-,20-/m0/s1. The van der Waals surface area contributed by atoms with E-state index < -0.39 is 0 Å². The van der Waals surface area contributed by atoms with E-state index in [0.717, 1.165) is 29.0 Å². The van der Waals surface area contributed by atoms with Crippen LogP contribution in [0.3, 0.4) is 0 Å². The first-order chi connectivity index (χ1) is 12.6. The molecule has 5 nitrogen and oxygen atoms in total. The molecule has 0 saturated heterocycles. The van der Waals surface area contributed by atoms with Crippen molar-refractivity contribution in [3.63, 3.8) is 0 Å². The third kappa shape index (κ3) is 3.35. The minimum absolute atomic E-state index is 0.131. The Morgan fingerprint density at radius 3 is 2.69 bits per heavy atom. The number of aromatic nitrogens is 2. The number of ether oxygens (including phenoxy) is 1. The summed E-state index contributed by atoms with van der Waals surface area (Å²) in [6.07, 6.45) is 9.56. The normalized spacial score (nSPS) is 25.2. The van der Waals surface area contributed by atoms with E-state index in [1.54, 1.807) is 13.3 Å². The zero-order valence-corrected chi connectivity index (χ0v) is 15.5. The van der Waals surface area contributed by atoms with Gasteiger partial charge in [0.25, 0.3) is 0 Å². The maximum atomic E-state index is 12.8. The molecule has 4 rings (SSSR count). The SMILES string of the molecule is COc1ccc([C@H](NC(=O)C[C@@H]2C[C@H]3CC[C@H]2C3)c2nccn2C)cc1. The van der Waals surface area contributed by atoms with E-state index in [4.69, 9.17) is 4.74 Å². The van der Waals surface area contributed by atoms with E-state index in [2.05, 4.69) is 10.3 Å². The van der Waals surface area contributed by atoms with Crippen molar-refractivity contribution in [1.82, 2.24) is 14.9 Å². The summed E-state index contributed by atoms with van der Waals surface area (Å²) in [7, 11) is 3.61. The summed E-state index contributed by atoms with van der Waals surface area (Å²) >= 11 is 0. The molecule has 0 spiro atoms. The number of hydrogen-bond acceptors (Lipinski definition) is 3. The molecule has 138 valence electrons. The van der Waals surface area contributed by atoms with Gasteiger partial charge in [0.2, 0.25) is 5.91 Å². The molecule has 2 bridgehead atoms. The molecule has 4 atom stereocenters. The molecule has 1 N–H and O–H groups in total. The number of rotatable bonds is 6. The molecular weight excluding hydrogens is 326 g/mol. The Balaban J connectivity index is 1.51. The van der Waals surface area contributed by atoms with E-state index in [1.807, 2.05) is 42.1 Å². The van der Waals surface area contributed by atoms with Crippen molar-refractivity contribution in [3.8, 4) is 5.75 Å². The maximum Gasteiger partial charge on any atom is 0.221 e. The number of methoxy groups -OCH3 is 1. The highest BCUT2D eigenvalue weighted by molar-refractivity contribution is 5.77. The molecule has 0 aliphatic heterocycles. The fourth-order valence-corrected chi connectivity index (χ4v) is 4.83. The second-order valence-corrected chi connectivity index (χ2v) is 7.81. The second kappa shape index (κ2) is 7.14. The van der Waals surface area contributed by atoms with Crippen molar-refractivity contribution in [2.45, 2.75) is 38.1 Å². The Hall–Kier alpha value is -2.30. The van der Waals surface area contributed by atoms with Crippen LogP contribution in [0.25, 0.3) is 0 Å². The molecule has 0 radical (unpaired) electrons. The fourth-order valence-electron chi connectivity index (χ4n) is 4.83. The highest BCUT2D eigenvalue weighted by Crippen LogP contribution is 2.49. The maximum absolute atomic E-state index is 12.8. The zero-order chi connectivity index (χ0) is 18.1. The van der Waals surface area contributed by atoms with Crippen LogP contribution in [0.2, 0.25) is 0 Å². The van der Waals surface area contributed by atoms with Gasteiger partial charge in [-0.05, 0) is 54.7 Å². The lowest BCUT2D eigenvalue weighted by Crippen LogP contribution is -2.33. The Morgan fingerprint density at radius 1 is 1.31 bits per heavy atom. The van der Waals surface area contributed by atoms with Crippen LogP contribution in [-0.2, 0) is 11.8 Å². The lowest BCUT2D eigenvalue weighted by molar-refractivity contribution is -0.123. The van der Waals surface area contributed by atoms with E-state index in [1.165, 1.54) is 25.7 Å². The number of nitrogens with zero attached hydrogens (tertiary/aromatic N) is 2. The summed E-state index contributed by atoms with van der Waals surface area (Å²) in [5, 5.41) is 3.24. The van der Waals surface area contributed by atoms with E-state index in [-0.39, 0.29) is 11.9 Å². The van der Waals surface area contributed by atoms with Crippen LogP contribution < -0.4 is 10.1 Å². The zero-order valence-electron chi connectivity index (χ0n) is 15.5. The van der Waals surface area contributed by atoms with Gasteiger partial charge in [-0.2, -0.15) is 0 Å². The first-order valence-electron chi connectivity index (χ1n) is 9.54. The Bertz CT molecular complexity index is 768. The molecule has 5 heteroatoms. The van der Waals surface area contributed by atoms with Crippen molar-refractivity contribution in [1.29, 1.82) is 0 Å². The van der Waals surface area contributed by atoms with Gasteiger partial charge < -0.3 is 14.6 Å². The topological polar surface area (TPSA) is 56.1 Å². The van der Waals surface area contributed by atoms with Gasteiger partial charge in [0.15, 0.2) is 0 Å². The van der Waals surface area contributed by atoms with E-state index in [9.17, 15) is 4.79 Å². The number of imidazole rings is 1. The number of benzene rings is 1. The Morgan fingerprint density at radius 2 is 2.12 bits per heavy atom. The molecule has 2 aliphatic carbocycles. The minimum atomic E-state index is -0.244. The monoisotopic (exact) mass is 353 g/mol. The van der Waals surface area contributed by atoms with Gasteiger partial charge in [0, 0.05) is 25.9 Å². The smallest absolute Gasteiger partial charge is 0.221 e. The molecule has 0 unspecified atom stereocenters. The van der Waals surface area contributed by atoms with Gasteiger partial charge in [0.05, 0.1) is 7.11 Å². The molecular formula is C21H27N3O2. The average molecular weight is 353 g/mol. The summed E-state index contributed by atoms with van der Waals surface area (Å²) in [6.45, 7) is 0. The summed E-state index contributed by atoms with van der Waals surface area (Å²) in [6, 6.07) is 7.60. The molecule has 2 fully saturated rings. The number of carbonyl (C=O) groups excluding carboxylic acids is 1. The molecule has 1 aromatic carbocycles. The lowest BCUT2D eigenvalue weighted by atomic mass is 9.86. The predicted octanol–water partition coefficient (Wildman–Crippen LogP) is 3.46. The number of carbonyl (C=O) groups is 1. The van der Waals surface area contributed by atoms with Gasteiger partial charge in [-0.25, -0.2) is 4.98 Å². The van der Waals surface area contributed by atoms with Crippen molar-refractivity contribution < 1.29 is 9.53 Å². The number of hydrogen-bond donors (Lipinski definition) is 1. The Labute approximate surface area is 154 Å². The van der Waals surface area contributed by atoms with E-state index >= 15 is 0 Å². The third-order valence-corrected chi connectivity index (χ3v) is 6.20. The predicted molar refractivity (Wildman–Crippen MR) is 99.7 cm³/mol. The van der Waals surface area contributed by atoms with Crippen LogP contribution in [-0.4, -0.2) is 22.6 Å². The van der Waals surface area contributed by atoms with Crippen molar-refractivity contribution in [3.05, 3.63) is 48.0 Å². The molecule has 2 aliphatic rings. The molecule has 1 heterocycles. The van der Waals surface area contributed by atoms with Crippen molar-refractivity contribution in [2.75, 3.05) is 7.11 Å². The third-order valence-electron chi connectivity index (χ3n) is 6.20. The molecule has 1 aromatic heterocycles. The van der Waals surface area contributed by atoms with Crippen LogP contribution in [0.1, 0.15) is 49.5 Å². The summed E-state index contributed by atoms with van der Waals surface area (Å²) < 4.78 is 7.22. The van der Waals surface area contributed by atoms with Crippen LogP contribution in [0, 0.1) is 17.8 Å². The van der Waals surface area contributed by atoms with Crippen LogP contribution in [0.5, 0.6) is 5.75 Å². The minimum Gasteiger partial charge on any atom is -0.497 e. The van der Waals surface area contributed by atoms with Crippen LogP contribution in [0.4, 0.5) is 0 Å². The first kappa shape index (κ1) is 17.1. The summed E-state index contributed by atoms with van der Waals surface area (Å²) in [5.74, 6) is 3.97. The number of aryl methyl sites for hydroxylation is 1. The van der Waals surface area contributed by atoms with Gasteiger partial charge in [-0.3, -0.25) is 4.79 Å². The van der Waals surface area contributed by atoms with Crippen LogP contribution >= 0.6 is 0 Å². The summed E-state index contributed by atoms with van der Waals surface area (Å²) in [5.41, 5.74) is 1.02. The van der Waals surface area contributed by atoms with Crippen LogP contribution in [0.15, 0.2) is 36.7 Å². The highest BCUT2D eigenvalue weighted by Gasteiger charge is 2.40. The van der Waals surface area contributed by atoms with Gasteiger partial charge >= 0.3 is 0 Å². The average Bonchev–Trinajstić information content (AvgIpc) is 3.37. The molecule has 2 aromatic rings.